The molecule has 0 bridgehead atoms. The van der Waals surface area contributed by atoms with E-state index in [4.69, 9.17) is 9.84 Å². The summed E-state index contributed by atoms with van der Waals surface area (Å²) >= 11 is 0. The molecule has 0 aliphatic heterocycles. The maximum atomic E-state index is 10.6. The maximum Gasteiger partial charge on any atom is 0.354 e. The van der Waals surface area contributed by atoms with Crippen molar-refractivity contribution in [2.24, 2.45) is 0 Å². The minimum Gasteiger partial charge on any atom is -0.477 e. The summed E-state index contributed by atoms with van der Waals surface area (Å²) in [6.07, 6.45) is 1.18. The van der Waals surface area contributed by atoms with Gasteiger partial charge >= 0.3 is 5.97 Å². The third-order valence-corrected chi connectivity index (χ3v) is 1.65. The number of carbonyl (C=O) groups is 1. The van der Waals surface area contributed by atoms with Crippen molar-refractivity contribution in [1.82, 2.24) is 14.9 Å². The Balaban J connectivity index is 2.54. The van der Waals surface area contributed by atoms with Crippen molar-refractivity contribution in [2.45, 2.75) is 0 Å². The summed E-state index contributed by atoms with van der Waals surface area (Å²) in [7, 11) is 3.85. The molecular formula is C9H13N3O3. The molecule has 0 atom stereocenters. The van der Waals surface area contributed by atoms with Crippen LogP contribution in [0, 0.1) is 0 Å². The van der Waals surface area contributed by atoms with Gasteiger partial charge in [-0.2, -0.15) is 0 Å². The molecule has 0 amide bonds. The highest BCUT2D eigenvalue weighted by Crippen LogP contribution is 2.06. The van der Waals surface area contributed by atoms with Gasteiger partial charge in [0.2, 0.25) is 5.88 Å². The molecule has 1 aromatic rings. The van der Waals surface area contributed by atoms with Crippen LogP contribution < -0.4 is 4.74 Å². The van der Waals surface area contributed by atoms with Crippen molar-refractivity contribution in [3.05, 3.63) is 18.1 Å². The van der Waals surface area contributed by atoms with Crippen molar-refractivity contribution in [1.29, 1.82) is 0 Å². The molecule has 1 rings (SSSR count). The van der Waals surface area contributed by atoms with Crippen LogP contribution in [0.2, 0.25) is 0 Å². The first-order valence-corrected chi connectivity index (χ1v) is 4.42. The molecule has 6 nitrogen and oxygen atoms in total. The van der Waals surface area contributed by atoms with Crippen LogP contribution in [-0.2, 0) is 0 Å². The van der Waals surface area contributed by atoms with Gasteiger partial charge in [-0.05, 0) is 14.1 Å². The van der Waals surface area contributed by atoms with Gasteiger partial charge in [-0.25, -0.2) is 14.8 Å². The highest BCUT2D eigenvalue weighted by Gasteiger charge is 2.06. The zero-order chi connectivity index (χ0) is 11.3. The van der Waals surface area contributed by atoms with Crippen molar-refractivity contribution in [2.75, 3.05) is 27.2 Å². The van der Waals surface area contributed by atoms with Gasteiger partial charge < -0.3 is 14.7 Å². The van der Waals surface area contributed by atoms with E-state index >= 15 is 0 Å². The zero-order valence-corrected chi connectivity index (χ0v) is 8.67. The molecule has 6 heteroatoms. The molecule has 0 aliphatic carbocycles. The van der Waals surface area contributed by atoms with E-state index in [1.165, 1.54) is 12.4 Å². The fourth-order valence-corrected chi connectivity index (χ4v) is 0.868. The van der Waals surface area contributed by atoms with Gasteiger partial charge in [-0.15, -0.1) is 0 Å². The van der Waals surface area contributed by atoms with Crippen molar-refractivity contribution < 1.29 is 14.6 Å². The molecule has 0 fully saturated rings. The molecule has 0 aliphatic rings. The second-order valence-corrected chi connectivity index (χ2v) is 3.20. The van der Waals surface area contributed by atoms with E-state index < -0.39 is 5.97 Å². The second kappa shape index (κ2) is 5.26. The minimum atomic E-state index is -1.09. The largest absolute Gasteiger partial charge is 0.477 e. The molecule has 0 spiro atoms. The summed E-state index contributed by atoms with van der Waals surface area (Å²) in [5.41, 5.74) is -0.0650. The van der Waals surface area contributed by atoms with Crippen LogP contribution in [0.4, 0.5) is 0 Å². The summed E-state index contributed by atoms with van der Waals surface area (Å²) in [5.74, 6) is -0.806. The summed E-state index contributed by atoms with van der Waals surface area (Å²) in [5, 5.41) is 8.67. The summed E-state index contributed by atoms with van der Waals surface area (Å²) in [6, 6.07) is 1.30. The fraction of sp³-hybridized carbons (Fsp3) is 0.444. The average molecular weight is 211 g/mol. The zero-order valence-electron chi connectivity index (χ0n) is 8.67. The van der Waals surface area contributed by atoms with Gasteiger partial charge in [0.15, 0.2) is 5.69 Å². The number of carboxylic acid groups (broad SMARTS) is 1. The summed E-state index contributed by atoms with van der Waals surface area (Å²) in [4.78, 5) is 19.9. The lowest BCUT2D eigenvalue weighted by molar-refractivity contribution is 0.0689. The molecule has 1 aromatic heterocycles. The Bertz CT molecular complexity index is 341. The molecule has 0 saturated carbocycles. The molecule has 82 valence electrons. The highest BCUT2D eigenvalue weighted by atomic mass is 16.5. The van der Waals surface area contributed by atoms with Gasteiger partial charge in [-0.3, -0.25) is 0 Å². The van der Waals surface area contributed by atoms with Crippen LogP contribution >= 0.6 is 0 Å². The third-order valence-electron chi connectivity index (χ3n) is 1.65. The first-order chi connectivity index (χ1) is 7.09. The number of carboxylic acids is 1. The first-order valence-electron chi connectivity index (χ1n) is 4.42. The standard InChI is InChI=1S/C9H13N3O3/c1-12(2)3-4-15-8-5-7(9(13)14)10-6-11-8/h5-6H,3-4H2,1-2H3,(H,13,14). The van der Waals surface area contributed by atoms with E-state index in [0.29, 0.717) is 6.61 Å². The van der Waals surface area contributed by atoms with Gasteiger partial charge in [-0.1, -0.05) is 0 Å². The second-order valence-electron chi connectivity index (χ2n) is 3.20. The SMILES string of the molecule is CN(C)CCOc1cc(C(=O)O)ncn1. The van der Waals surface area contributed by atoms with Crippen LogP contribution in [-0.4, -0.2) is 53.2 Å². The van der Waals surface area contributed by atoms with Gasteiger partial charge in [0.25, 0.3) is 0 Å². The Morgan fingerprint density at radius 2 is 2.27 bits per heavy atom. The minimum absolute atomic E-state index is 0.0650. The van der Waals surface area contributed by atoms with Crippen LogP contribution in [0.5, 0.6) is 5.88 Å². The van der Waals surface area contributed by atoms with E-state index in [9.17, 15) is 4.79 Å². The lowest BCUT2D eigenvalue weighted by Crippen LogP contribution is -2.19. The number of hydrogen-bond acceptors (Lipinski definition) is 5. The molecular weight excluding hydrogens is 198 g/mol. The predicted molar refractivity (Wildman–Crippen MR) is 53.0 cm³/mol. The number of aromatic nitrogens is 2. The molecule has 0 aromatic carbocycles. The number of aromatic carboxylic acids is 1. The Kier molecular flexibility index (Phi) is 3.99. The topological polar surface area (TPSA) is 75.5 Å². The Morgan fingerprint density at radius 3 is 2.87 bits per heavy atom. The number of rotatable bonds is 5. The lowest BCUT2D eigenvalue weighted by atomic mass is 10.4. The van der Waals surface area contributed by atoms with E-state index in [1.807, 2.05) is 19.0 Å². The van der Waals surface area contributed by atoms with Crippen LogP contribution in [0.3, 0.4) is 0 Å². The number of nitrogens with zero attached hydrogens (tertiary/aromatic N) is 3. The average Bonchev–Trinajstić information content (AvgIpc) is 2.17. The van der Waals surface area contributed by atoms with E-state index in [2.05, 4.69) is 9.97 Å². The highest BCUT2D eigenvalue weighted by molar-refractivity contribution is 5.85. The van der Waals surface area contributed by atoms with Crippen LogP contribution in [0.1, 0.15) is 10.5 Å². The summed E-state index contributed by atoms with van der Waals surface area (Å²) in [6.45, 7) is 1.20. The molecule has 0 unspecified atom stereocenters. The smallest absolute Gasteiger partial charge is 0.354 e. The maximum absolute atomic E-state index is 10.6. The van der Waals surface area contributed by atoms with Crippen LogP contribution in [0.15, 0.2) is 12.4 Å². The lowest BCUT2D eigenvalue weighted by Gasteiger charge is -2.10. The number of ether oxygens (including phenoxy) is 1. The van der Waals surface area contributed by atoms with Crippen molar-refractivity contribution in [3.8, 4) is 5.88 Å². The van der Waals surface area contributed by atoms with Crippen LogP contribution in [0.25, 0.3) is 0 Å². The molecule has 0 saturated heterocycles. The molecule has 15 heavy (non-hydrogen) atoms. The van der Waals surface area contributed by atoms with Crippen molar-refractivity contribution >= 4 is 5.97 Å². The summed E-state index contributed by atoms with van der Waals surface area (Å²) < 4.78 is 5.25. The van der Waals surface area contributed by atoms with E-state index in [-0.39, 0.29) is 11.6 Å². The molecule has 0 radical (unpaired) electrons. The Hall–Kier alpha value is -1.69. The van der Waals surface area contributed by atoms with Gasteiger partial charge in [0.1, 0.15) is 12.9 Å². The predicted octanol–water partition coefficient (Wildman–Crippen LogP) is 0.115. The normalized spacial score (nSPS) is 10.3. The molecule has 1 heterocycles. The number of hydrogen-bond donors (Lipinski definition) is 1. The molecule has 1 N–H and O–H groups in total. The Labute approximate surface area is 87.5 Å². The number of likely N-dealkylation sites (N-methyl/N-ethyl adjacent to an activating group) is 1. The first kappa shape index (κ1) is 11.4. The quantitative estimate of drug-likeness (QED) is 0.745. The van der Waals surface area contributed by atoms with E-state index in [1.54, 1.807) is 0 Å². The Morgan fingerprint density at radius 1 is 1.53 bits per heavy atom. The van der Waals surface area contributed by atoms with Crippen molar-refractivity contribution in [3.63, 3.8) is 0 Å². The fourth-order valence-electron chi connectivity index (χ4n) is 0.868. The van der Waals surface area contributed by atoms with Gasteiger partial charge in [0, 0.05) is 12.6 Å². The van der Waals surface area contributed by atoms with Gasteiger partial charge in [0.05, 0.1) is 0 Å². The monoisotopic (exact) mass is 211 g/mol. The van der Waals surface area contributed by atoms with E-state index in [0.717, 1.165) is 6.54 Å². The third kappa shape index (κ3) is 3.90.